The van der Waals surface area contributed by atoms with Crippen LogP contribution < -0.4 is 0 Å². The summed E-state index contributed by atoms with van der Waals surface area (Å²) >= 11 is 0. The van der Waals surface area contributed by atoms with Crippen molar-refractivity contribution < 1.29 is 28.6 Å². The van der Waals surface area contributed by atoms with Gasteiger partial charge in [0.15, 0.2) is 6.10 Å². The maximum absolute atomic E-state index is 12.9. The SMILES string of the molecule is CC/C=C\C/C=C\C/C=C\C/C=C\C/C=C\C/C=C\CCCCCCCCC(=O)OCC(COC(=O)CC/C=C\C/C=C\C/C=C\C/C=C\CC)OC(=O)CCCCCCCCCCCC/C=C\C/C=C\C/C=C\CCCCCCC. The first-order valence-electron chi connectivity index (χ1n) is 33.0. The minimum absolute atomic E-state index is 0.116. The molecule has 6 heteroatoms. The summed E-state index contributed by atoms with van der Waals surface area (Å²) in [5, 5.41) is 0. The van der Waals surface area contributed by atoms with Crippen molar-refractivity contribution >= 4 is 17.9 Å². The predicted octanol–water partition coefficient (Wildman–Crippen LogP) is 22.9. The molecular formula is C75H120O6. The van der Waals surface area contributed by atoms with Gasteiger partial charge in [0.1, 0.15) is 13.2 Å². The molecule has 0 aliphatic rings. The molecule has 0 aromatic carbocycles. The van der Waals surface area contributed by atoms with Crippen molar-refractivity contribution in [3.05, 3.63) is 158 Å². The number of carbonyl (C=O) groups is 3. The van der Waals surface area contributed by atoms with Crippen LogP contribution in [0.3, 0.4) is 0 Å². The number of esters is 3. The molecule has 0 rings (SSSR count). The van der Waals surface area contributed by atoms with Crippen LogP contribution in [0.25, 0.3) is 0 Å². The summed E-state index contributed by atoms with van der Waals surface area (Å²) in [4.78, 5) is 38.3. The average molecular weight is 1120 g/mol. The van der Waals surface area contributed by atoms with Crippen LogP contribution in [0.5, 0.6) is 0 Å². The van der Waals surface area contributed by atoms with E-state index in [2.05, 4.69) is 173 Å². The Morgan fingerprint density at radius 3 is 0.827 bits per heavy atom. The van der Waals surface area contributed by atoms with E-state index in [1.165, 1.54) is 103 Å². The highest BCUT2D eigenvalue weighted by molar-refractivity contribution is 5.71. The number of allylic oxidation sites excluding steroid dienone is 26. The van der Waals surface area contributed by atoms with Gasteiger partial charge in [0.05, 0.1) is 0 Å². The molecule has 456 valence electrons. The molecule has 0 radical (unpaired) electrons. The van der Waals surface area contributed by atoms with Crippen LogP contribution in [-0.2, 0) is 28.6 Å². The van der Waals surface area contributed by atoms with Crippen LogP contribution in [0.4, 0.5) is 0 Å². The van der Waals surface area contributed by atoms with E-state index in [1.54, 1.807) is 0 Å². The van der Waals surface area contributed by atoms with E-state index in [0.29, 0.717) is 19.3 Å². The Balaban J connectivity index is 4.43. The highest BCUT2D eigenvalue weighted by atomic mass is 16.6. The molecule has 0 aromatic rings. The first-order valence-corrected chi connectivity index (χ1v) is 33.0. The number of unbranched alkanes of at least 4 members (excludes halogenated alkanes) is 21. The maximum Gasteiger partial charge on any atom is 0.306 e. The molecular weight excluding hydrogens is 997 g/mol. The van der Waals surface area contributed by atoms with Crippen LogP contribution in [0.2, 0.25) is 0 Å². The zero-order valence-corrected chi connectivity index (χ0v) is 52.2. The molecule has 0 bridgehead atoms. The molecule has 0 N–H and O–H groups in total. The predicted molar refractivity (Wildman–Crippen MR) is 352 cm³/mol. The zero-order valence-electron chi connectivity index (χ0n) is 52.2. The fraction of sp³-hybridized carbons (Fsp3) is 0.613. The second kappa shape index (κ2) is 67.5. The van der Waals surface area contributed by atoms with Gasteiger partial charge in [0, 0.05) is 19.3 Å². The fourth-order valence-corrected chi connectivity index (χ4v) is 8.64. The van der Waals surface area contributed by atoms with Crippen molar-refractivity contribution in [2.45, 2.75) is 284 Å². The van der Waals surface area contributed by atoms with Gasteiger partial charge in [-0.05, 0) is 135 Å². The number of hydrogen-bond acceptors (Lipinski definition) is 6. The molecule has 0 heterocycles. The molecule has 0 aliphatic heterocycles. The first kappa shape index (κ1) is 76.0. The van der Waals surface area contributed by atoms with Gasteiger partial charge in [-0.3, -0.25) is 14.4 Å². The van der Waals surface area contributed by atoms with Crippen molar-refractivity contribution in [1.29, 1.82) is 0 Å². The third kappa shape index (κ3) is 65.7. The highest BCUT2D eigenvalue weighted by Crippen LogP contribution is 2.15. The van der Waals surface area contributed by atoms with E-state index in [-0.39, 0.29) is 37.5 Å². The second-order valence-corrected chi connectivity index (χ2v) is 21.3. The monoisotopic (exact) mass is 1120 g/mol. The highest BCUT2D eigenvalue weighted by Gasteiger charge is 2.19. The van der Waals surface area contributed by atoms with E-state index < -0.39 is 6.10 Å². The van der Waals surface area contributed by atoms with E-state index in [9.17, 15) is 14.4 Å². The summed E-state index contributed by atoms with van der Waals surface area (Å²) in [7, 11) is 0. The summed E-state index contributed by atoms with van der Waals surface area (Å²) in [6.45, 7) is 6.32. The smallest absolute Gasteiger partial charge is 0.306 e. The summed E-state index contributed by atoms with van der Waals surface area (Å²) in [5.74, 6) is -1.02. The van der Waals surface area contributed by atoms with Gasteiger partial charge in [-0.15, -0.1) is 0 Å². The van der Waals surface area contributed by atoms with Crippen LogP contribution >= 0.6 is 0 Å². The Morgan fingerprint density at radius 2 is 0.506 bits per heavy atom. The number of rotatable bonds is 58. The summed E-state index contributed by atoms with van der Waals surface area (Å²) in [6, 6.07) is 0. The molecule has 0 saturated heterocycles. The molecule has 6 nitrogen and oxygen atoms in total. The van der Waals surface area contributed by atoms with E-state index >= 15 is 0 Å². The average Bonchev–Trinajstić information content (AvgIpc) is 3.46. The van der Waals surface area contributed by atoms with Crippen molar-refractivity contribution in [2.75, 3.05) is 13.2 Å². The molecule has 1 unspecified atom stereocenters. The Morgan fingerprint density at radius 1 is 0.259 bits per heavy atom. The van der Waals surface area contributed by atoms with E-state index in [1.807, 2.05) is 6.08 Å². The van der Waals surface area contributed by atoms with Crippen molar-refractivity contribution in [2.24, 2.45) is 0 Å². The van der Waals surface area contributed by atoms with E-state index in [4.69, 9.17) is 14.2 Å². The summed E-state index contributed by atoms with van der Waals surface area (Å²) < 4.78 is 16.8. The Labute approximate surface area is 499 Å². The minimum Gasteiger partial charge on any atom is -0.462 e. The number of ether oxygens (including phenoxy) is 3. The largest absolute Gasteiger partial charge is 0.462 e. The van der Waals surface area contributed by atoms with Crippen LogP contribution in [-0.4, -0.2) is 37.2 Å². The second-order valence-electron chi connectivity index (χ2n) is 21.3. The number of hydrogen-bond donors (Lipinski definition) is 0. The Hall–Kier alpha value is -4.97. The molecule has 0 spiro atoms. The Bertz CT molecular complexity index is 1810. The third-order valence-corrected chi connectivity index (χ3v) is 13.5. The van der Waals surface area contributed by atoms with Gasteiger partial charge in [-0.2, -0.15) is 0 Å². The first-order chi connectivity index (χ1) is 40.0. The van der Waals surface area contributed by atoms with Gasteiger partial charge in [-0.1, -0.05) is 281 Å². The molecule has 0 aromatic heterocycles. The quantitative estimate of drug-likeness (QED) is 0.0261. The lowest BCUT2D eigenvalue weighted by atomic mass is 10.0. The molecule has 0 fully saturated rings. The molecule has 0 aliphatic carbocycles. The normalized spacial score (nSPS) is 13.2. The molecule has 0 saturated carbocycles. The van der Waals surface area contributed by atoms with Crippen molar-refractivity contribution in [1.82, 2.24) is 0 Å². The van der Waals surface area contributed by atoms with Crippen LogP contribution in [0, 0.1) is 0 Å². The van der Waals surface area contributed by atoms with Crippen LogP contribution in [0.1, 0.15) is 278 Å². The fourth-order valence-electron chi connectivity index (χ4n) is 8.64. The third-order valence-electron chi connectivity index (χ3n) is 13.5. The zero-order chi connectivity index (χ0) is 58.5. The Kier molecular flexibility index (Phi) is 63.4. The lowest BCUT2D eigenvalue weighted by Gasteiger charge is -2.18. The van der Waals surface area contributed by atoms with Gasteiger partial charge in [0.25, 0.3) is 0 Å². The van der Waals surface area contributed by atoms with Crippen molar-refractivity contribution in [3.63, 3.8) is 0 Å². The van der Waals surface area contributed by atoms with Gasteiger partial charge in [-0.25, -0.2) is 0 Å². The summed E-state index contributed by atoms with van der Waals surface area (Å²) in [5.41, 5.74) is 0. The lowest BCUT2D eigenvalue weighted by Crippen LogP contribution is -2.30. The molecule has 1 atom stereocenters. The van der Waals surface area contributed by atoms with E-state index in [0.717, 1.165) is 128 Å². The van der Waals surface area contributed by atoms with Gasteiger partial charge >= 0.3 is 17.9 Å². The standard InChI is InChI=1S/C75H120O6/c1-4-7-10-13-16-19-22-25-27-29-31-33-35-37-39-41-43-45-47-50-53-56-59-62-65-68-74(77)80-71-72(70-79-73(76)67-64-61-58-55-52-49-24-21-18-15-12-9-6-3)81-75(78)69-66-63-60-57-54-51-48-46-44-42-40-38-36-34-32-30-28-26-23-20-17-14-11-8-5-2/h7,9-10,12,16,18-19,21,23,25-27,30-33,36-39,43,45,49,52,58,61,72H,4-6,8,11,13-15,17,20,22,24,28-29,34-35,40-42,44,46-48,50-51,53-57,59-60,62-71H2,1-3H3/b10-7-,12-9-,19-16-,21-18-,26-23-,27-25-,32-30-,33-31-,38-36-,39-37-,45-43-,52-49-,61-58-. The van der Waals surface area contributed by atoms with Crippen LogP contribution in [0.15, 0.2) is 158 Å². The number of carbonyl (C=O) groups excluding carboxylic acids is 3. The lowest BCUT2D eigenvalue weighted by molar-refractivity contribution is -0.166. The topological polar surface area (TPSA) is 78.9 Å². The maximum atomic E-state index is 12.9. The molecule has 0 amide bonds. The minimum atomic E-state index is -0.825. The summed E-state index contributed by atoms with van der Waals surface area (Å²) in [6.07, 6.45) is 98.4. The van der Waals surface area contributed by atoms with Gasteiger partial charge in [0.2, 0.25) is 0 Å². The van der Waals surface area contributed by atoms with Crippen molar-refractivity contribution in [3.8, 4) is 0 Å². The molecule has 81 heavy (non-hydrogen) atoms. The van der Waals surface area contributed by atoms with Gasteiger partial charge < -0.3 is 14.2 Å².